The fourth-order valence-electron chi connectivity index (χ4n) is 2.36. The van der Waals surface area contributed by atoms with E-state index in [4.69, 9.17) is 0 Å². The maximum Gasteiger partial charge on any atom is 0.148 e. The van der Waals surface area contributed by atoms with E-state index in [1.807, 2.05) is 0 Å². The molecule has 0 saturated heterocycles. The van der Waals surface area contributed by atoms with Crippen LogP contribution in [0.5, 0.6) is 0 Å². The lowest BCUT2D eigenvalue weighted by atomic mass is 10.00. The minimum absolute atomic E-state index is 0.218. The Balaban J connectivity index is 1.69. The maximum absolute atomic E-state index is 11.0. The zero-order valence-corrected chi connectivity index (χ0v) is 12.2. The van der Waals surface area contributed by atoms with Gasteiger partial charge in [-0.05, 0) is 17.5 Å². The van der Waals surface area contributed by atoms with Crippen LogP contribution in [0.1, 0.15) is 11.1 Å². The van der Waals surface area contributed by atoms with Gasteiger partial charge in [-0.1, -0.05) is 24.3 Å². The quantitative estimate of drug-likeness (QED) is 0.780. The van der Waals surface area contributed by atoms with E-state index in [0.717, 1.165) is 32.6 Å². The minimum Gasteiger partial charge on any atom is -0.314 e. The van der Waals surface area contributed by atoms with Crippen LogP contribution in [0.4, 0.5) is 0 Å². The summed E-state index contributed by atoms with van der Waals surface area (Å²) in [5.41, 5.74) is 2.88. The monoisotopic (exact) mass is 282 g/mol. The van der Waals surface area contributed by atoms with Gasteiger partial charge in [0.1, 0.15) is 9.84 Å². The van der Waals surface area contributed by atoms with Gasteiger partial charge < -0.3 is 5.32 Å². The summed E-state index contributed by atoms with van der Waals surface area (Å²) in [6.07, 6.45) is 2.38. The van der Waals surface area contributed by atoms with Crippen molar-refractivity contribution in [3.8, 4) is 0 Å². The van der Waals surface area contributed by atoms with Crippen LogP contribution < -0.4 is 5.32 Å². The Labute approximate surface area is 115 Å². The second-order valence-electron chi connectivity index (χ2n) is 5.17. The molecule has 4 nitrogen and oxygen atoms in total. The van der Waals surface area contributed by atoms with Crippen LogP contribution in [0.3, 0.4) is 0 Å². The second-order valence-corrected chi connectivity index (χ2v) is 7.43. The second kappa shape index (κ2) is 6.50. The van der Waals surface area contributed by atoms with Gasteiger partial charge in [0.25, 0.3) is 0 Å². The first-order chi connectivity index (χ1) is 9.04. The van der Waals surface area contributed by atoms with Crippen LogP contribution in [-0.2, 0) is 22.8 Å². The van der Waals surface area contributed by atoms with Crippen molar-refractivity contribution in [1.29, 1.82) is 0 Å². The average molecular weight is 282 g/mol. The molecular formula is C14H22N2O2S. The number of benzene rings is 1. The molecule has 0 unspecified atom stereocenters. The van der Waals surface area contributed by atoms with Crippen LogP contribution >= 0.6 is 0 Å². The summed E-state index contributed by atoms with van der Waals surface area (Å²) in [6, 6.07) is 8.59. The highest BCUT2D eigenvalue weighted by molar-refractivity contribution is 7.90. The summed E-state index contributed by atoms with van der Waals surface area (Å²) in [7, 11) is -2.85. The molecule has 0 bridgehead atoms. The van der Waals surface area contributed by atoms with E-state index in [2.05, 4.69) is 34.5 Å². The van der Waals surface area contributed by atoms with Crippen molar-refractivity contribution in [3.63, 3.8) is 0 Å². The minimum atomic E-state index is -2.85. The lowest BCUT2D eigenvalue weighted by Crippen LogP contribution is -2.37. The van der Waals surface area contributed by atoms with Gasteiger partial charge >= 0.3 is 0 Å². The van der Waals surface area contributed by atoms with Crippen LogP contribution in [0, 0.1) is 0 Å². The largest absolute Gasteiger partial charge is 0.314 e. The van der Waals surface area contributed by atoms with Gasteiger partial charge in [0.15, 0.2) is 0 Å². The molecule has 0 fully saturated rings. The van der Waals surface area contributed by atoms with Crippen LogP contribution in [-0.4, -0.2) is 51.5 Å². The lowest BCUT2D eigenvalue weighted by molar-refractivity contribution is 0.255. The number of rotatable bonds is 6. The average Bonchev–Trinajstić information content (AvgIpc) is 2.37. The van der Waals surface area contributed by atoms with Crippen molar-refractivity contribution in [2.75, 3.05) is 38.2 Å². The fourth-order valence-corrected chi connectivity index (χ4v) is 2.88. The molecule has 0 aliphatic carbocycles. The molecule has 2 rings (SSSR count). The molecule has 1 aromatic rings. The van der Waals surface area contributed by atoms with Crippen LogP contribution in [0.15, 0.2) is 24.3 Å². The number of nitrogens with zero attached hydrogens (tertiary/aromatic N) is 1. The van der Waals surface area contributed by atoms with E-state index in [-0.39, 0.29) is 5.75 Å². The summed E-state index contributed by atoms with van der Waals surface area (Å²) in [4.78, 5) is 2.41. The number of nitrogens with one attached hydrogen (secondary N) is 1. The lowest BCUT2D eigenvalue weighted by Gasteiger charge is -2.28. The predicted molar refractivity (Wildman–Crippen MR) is 78.0 cm³/mol. The number of fused-ring (bicyclic) bond motifs is 1. The SMILES string of the molecule is CS(=O)(=O)CCNCCN1CCc2ccccc2C1. The van der Waals surface area contributed by atoms with Gasteiger partial charge in [0.2, 0.25) is 0 Å². The van der Waals surface area contributed by atoms with Gasteiger partial charge in [-0.15, -0.1) is 0 Å². The first-order valence-corrected chi connectivity index (χ1v) is 8.78. The highest BCUT2D eigenvalue weighted by Gasteiger charge is 2.14. The first kappa shape index (κ1) is 14.5. The molecule has 0 amide bonds. The van der Waals surface area contributed by atoms with Gasteiger partial charge in [-0.3, -0.25) is 4.90 Å². The molecule has 1 aliphatic heterocycles. The van der Waals surface area contributed by atoms with Crippen molar-refractivity contribution in [2.45, 2.75) is 13.0 Å². The molecule has 0 saturated carbocycles. The van der Waals surface area contributed by atoms with Crippen LogP contribution in [0.25, 0.3) is 0 Å². The van der Waals surface area contributed by atoms with E-state index in [1.165, 1.54) is 17.4 Å². The van der Waals surface area contributed by atoms with Gasteiger partial charge in [0.05, 0.1) is 5.75 Å². The van der Waals surface area contributed by atoms with Crippen molar-refractivity contribution >= 4 is 9.84 Å². The molecular weight excluding hydrogens is 260 g/mol. The highest BCUT2D eigenvalue weighted by Crippen LogP contribution is 2.17. The van der Waals surface area contributed by atoms with Crippen molar-refractivity contribution in [3.05, 3.63) is 35.4 Å². The van der Waals surface area contributed by atoms with E-state index in [9.17, 15) is 8.42 Å². The predicted octanol–water partition coefficient (Wildman–Crippen LogP) is 0.679. The standard InChI is InChI=1S/C14H22N2O2S/c1-19(17,18)11-8-15-7-10-16-9-6-13-4-2-3-5-14(13)12-16/h2-5,15H,6-12H2,1H3. The summed E-state index contributed by atoms with van der Waals surface area (Å²) in [6.45, 7) is 4.45. The van der Waals surface area contributed by atoms with Crippen molar-refractivity contribution in [1.82, 2.24) is 10.2 Å². The molecule has 106 valence electrons. The molecule has 1 heterocycles. The maximum atomic E-state index is 11.0. The molecule has 0 radical (unpaired) electrons. The Morgan fingerprint density at radius 3 is 2.68 bits per heavy atom. The summed E-state index contributed by atoms with van der Waals surface area (Å²) in [5.74, 6) is 0.218. The molecule has 19 heavy (non-hydrogen) atoms. The Hall–Kier alpha value is -0.910. The molecule has 1 aliphatic rings. The van der Waals surface area contributed by atoms with E-state index < -0.39 is 9.84 Å². The van der Waals surface area contributed by atoms with E-state index in [0.29, 0.717) is 6.54 Å². The highest BCUT2D eigenvalue weighted by atomic mass is 32.2. The van der Waals surface area contributed by atoms with E-state index in [1.54, 1.807) is 0 Å². The fraction of sp³-hybridized carbons (Fsp3) is 0.571. The smallest absolute Gasteiger partial charge is 0.148 e. The number of sulfone groups is 1. The molecule has 0 spiro atoms. The summed E-state index contributed by atoms with van der Waals surface area (Å²) >= 11 is 0. The molecule has 0 aromatic heterocycles. The normalized spacial score (nSPS) is 16.3. The van der Waals surface area contributed by atoms with Gasteiger partial charge in [0, 0.05) is 39.0 Å². The number of hydrogen-bond donors (Lipinski definition) is 1. The third-order valence-corrected chi connectivity index (χ3v) is 4.41. The Morgan fingerprint density at radius 2 is 1.95 bits per heavy atom. The molecule has 1 N–H and O–H groups in total. The molecule has 5 heteroatoms. The summed E-state index contributed by atoms with van der Waals surface area (Å²) < 4.78 is 22.0. The zero-order valence-electron chi connectivity index (χ0n) is 11.4. The van der Waals surface area contributed by atoms with Crippen LogP contribution in [0.2, 0.25) is 0 Å². The molecule has 0 atom stereocenters. The molecule has 1 aromatic carbocycles. The van der Waals surface area contributed by atoms with E-state index >= 15 is 0 Å². The van der Waals surface area contributed by atoms with Gasteiger partial charge in [-0.25, -0.2) is 8.42 Å². The number of hydrogen-bond acceptors (Lipinski definition) is 4. The Bertz CT molecular complexity index is 514. The van der Waals surface area contributed by atoms with Gasteiger partial charge in [-0.2, -0.15) is 0 Å². The van der Waals surface area contributed by atoms with Crippen molar-refractivity contribution in [2.24, 2.45) is 0 Å². The Kier molecular flexibility index (Phi) is 4.96. The Morgan fingerprint density at radius 1 is 1.21 bits per heavy atom. The summed E-state index contributed by atoms with van der Waals surface area (Å²) in [5, 5.41) is 3.19. The zero-order chi connectivity index (χ0) is 13.7. The first-order valence-electron chi connectivity index (χ1n) is 6.72. The third-order valence-electron chi connectivity index (χ3n) is 3.46. The van der Waals surface area contributed by atoms with Crippen molar-refractivity contribution < 1.29 is 8.42 Å². The topological polar surface area (TPSA) is 49.4 Å². The third kappa shape index (κ3) is 4.93.